The van der Waals surface area contributed by atoms with E-state index in [2.05, 4.69) is 47.8 Å². The number of halogens is 2. The second-order valence-corrected chi connectivity index (χ2v) is 9.02. The van der Waals surface area contributed by atoms with Gasteiger partial charge in [0.1, 0.15) is 23.4 Å². The van der Waals surface area contributed by atoms with Crippen LogP contribution in [0.1, 0.15) is 29.0 Å². The molecule has 37 heavy (non-hydrogen) atoms. The molecule has 4 aromatic carbocycles. The lowest BCUT2D eigenvalue weighted by atomic mass is 9.83. The summed E-state index contributed by atoms with van der Waals surface area (Å²) in [5, 5.41) is 14.9. The van der Waals surface area contributed by atoms with E-state index in [1.165, 1.54) is 28.5 Å². The fraction of sp³-hybridized carbons (Fsp3) is 0.233. The van der Waals surface area contributed by atoms with Crippen LogP contribution in [-0.4, -0.2) is 36.9 Å². The molecule has 2 N–H and O–H groups in total. The number of fused-ring (bicyclic) bond motifs is 2. The number of nitrogens with one attached hydrogen (secondary N) is 1. The number of para-hydroxylation sites is 1. The summed E-state index contributed by atoms with van der Waals surface area (Å²) in [7, 11) is 0. The lowest BCUT2D eigenvalue weighted by molar-refractivity contribution is -0.139. The minimum atomic E-state index is -1.08. The third-order valence-corrected chi connectivity index (χ3v) is 6.61. The van der Waals surface area contributed by atoms with Gasteiger partial charge in [0.15, 0.2) is 6.61 Å². The predicted molar refractivity (Wildman–Crippen MR) is 145 cm³/mol. The highest BCUT2D eigenvalue weighted by molar-refractivity contribution is 5.86. The first-order valence-electron chi connectivity index (χ1n) is 12.2. The Hall–Kier alpha value is -3.61. The van der Waals surface area contributed by atoms with Gasteiger partial charge in [-0.25, -0.2) is 9.18 Å². The summed E-state index contributed by atoms with van der Waals surface area (Å²) in [5.74, 6) is -0.574. The molecule has 2 atom stereocenters. The molecule has 0 saturated carbocycles. The van der Waals surface area contributed by atoms with Gasteiger partial charge in [0.2, 0.25) is 0 Å². The molecule has 0 spiro atoms. The highest BCUT2D eigenvalue weighted by atomic mass is 35.5. The first-order chi connectivity index (χ1) is 17.6. The zero-order valence-electron chi connectivity index (χ0n) is 20.2. The van der Waals surface area contributed by atoms with Gasteiger partial charge in [0, 0.05) is 18.0 Å². The van der Waals surface area contributed by atoms with Crippen molar-refractivity contribution in [3.05, 3.63) is 107 Å². The van der Waals surface area contributed by atoms with Crippen molar-refractivity contribution in [3.63, 3.8) is 0 Å². The SMILES string of the molecule is Cl.O=C(O)COc1ccc(F)c([C@@H]2C[C@H](CNCCc3cccc4ccccc34)Oc3ccccc32)c1. The zero-order chi connectivity index (χ0) is 24.9. The van der Waals surface area contributed by atoms with E-state index in [0.717, 1.165) is 24.3 Å². The van der Waals surface area contributed by atoms with Crippen LogP contribution in [0, 0.1) is 5.82 Å². The van der Waals surface area contributed by atoms with E-state index in [-0.39, 0.29) is 30.2 Å². The first kappa shape index (κ1) is 26.5. The molecule has 1 aliphatic rings. The van der Waals surface area contributed by atoms with Gasteiger partial charge >= 0.3 is 5.97 Å². The summed E-state index contributed by atoms with van der Waals surface area (Å²) in [6, 6.07) is 26.9. The number of carboxylic acids is 1. The second-order valence-electron chi connectivity index (χ2n) is 9.02. The number of ether oxygens (including phenoxy) is 2. The number of carboxylic acid groups (broad SMARTS) is 1. The molecule has 0 bridgehead atoms. The normalized spacial score (nSPS) is 16.4. The maximum absolute atomic E-state index is 15.0. The minimum Gasteiger partial charge on any atom is -0.489 e. The zero-order valence-corrected chi connectivity index (χ0v) is 21.0. The maximum Gasteiger partial charge on any atom is 0.341 e. The molecule has 1 aliphatic heterocycles. The molecule has 4 aromatic rings. The Bertz CT molecular complexity index is 1370. The molecule has 0 unspecified atom stereocenters. The Balaban J connectivity index is 0.00000320. The van der Waals surface area contributed by atoms with Gasteiger partial charge in [-0.05, 0) is 65.6 Å². The first-order valence-corrected chi connectivity index (χ1v) is 12.2. The fourth-order valence-corrected chi connectivity index (χ4v) is 4.93. The maximum atomic E-state index is 15.0. The lowest BCUT2D eigenvalue weighted by Gasteiger charge is -2.33. The van der Waals surface area contributed by atoms with Crippen LogP contribution in [0.3, 0.4) is 0 Å². The predicted octanol–water partition coefficient (Wildman–Crippen LogP) is 5.98. The van der Waals surface area contributed by atoms with E-state index in [1.54, 1.807) is 6.07 Å². The van der Waals surface area contributed by atoms with E-state index >= 15 is 0 Å². The van der Waals surface area contributed by atoms with Gasteiger partial charge in [-0.2, -0.15) is 0 Å². The van der Waals surface area contributed by atoms with E-state index in [9.17, 15) is 9.18 Å². The van der Waals surface area contributed by atoms with E-state index < -0.39 is 12.6 Å². The van der Waals surface area contributed by atoms with Crippen molar-refractivity contribution >= 4 is 29.1 Å². The molecule has 5 rings (SSSR count). The molecule has 0 fully saturated rings. The lowest BCUT2D eigenvalue weighted by Crippen LogP contribution is -2.36. The molecule has 0 amide bonds. The summed E-state index contributed by atoms with van der Waals surface area (Å²) in [4.78, 5) is 10.9. The number of benzene rings is 4. The Morgan fingerprint density at radius 2 is 1.78 bits per heavy atom. The molecule has 0 radical (unpaired) electrons. The molecule has 1 heterocycles. The molecule has 0 aliphatic carbocycles. The quantitative estimate of drug-likeness (QED) is 0.265. The largest absolute Gasteiger partial charge is 0.489 e. The van der Waals surface area contributed by atoms with E-state index in [0.29, 0.717) is 24.3 Å². The summed E-state index contributed by atoms with van der Waals surface area (Å²) >= 11 is 0. The van der Waals surface area contributed by atoms with Crippen molar-refractivity contribution < 1.29 is 23.8 Å². The second kappa shape index (κ2) is 12.1. The number of rotatable bonds is 9. The van der Waals surface area contributed by atoms with Crippen molar-refractivity contribution in [1.82, 2.24) is 5.32 Å². The third kappa shape index (κ3) is 6.21. The van der Waals surface area contributed by atoms with Crippen LogP contribution in [0.4, 0.5) is 4.39 Å². The number of hydrogen-bond acceptors (Lipinski definition) is 4. The molecule has 0 aromatic heterocycles. The summed E-state index contributed by atoms with van der Waals surface area (Å²) in [5.41, 5.74) is 2.70. The summed E-state index contributed by atoms with van der Waals surface area (Å²) in [6.45, 7) is 0.957. The van der Waals surface area contributed by atoms with Crippen LogP contribution < -0.4 is 14.8 Å². The number of hydrogen-bond donors (Lipinski definition) is 2. The fourth-order valence-electron chi connectivity index (χ4n) is 4.93. The monoisotopic (exact) mass is 521 g/mol. The van der Waals surface area contributed by atoms with Gasteiger partial charge < -0.3 is 19.9 Å². The third-order valence-electron chi connectivity index (χ3n) is 6.61. The Morgan fingerprint density at radius 3 is 2.65 bits per heavy atom. The summed E-state index contributed by atoms with van der Waals surface area (Å²) in [6.07, 6.45) is 1.35. The number of carbonyl (C=O) groups is 1. The van der Waals surface area contributed by atoms with Crippen molar-refractivity contribution in [2.45, 2.75) is 24.9 Å². The average Bonchev–Trinajstić information content (AvgIpc) is 2.90. The van der Waals surface area contributed by atoms with Crippen molar-refractivity contribution in [3.8, 4) is 11.5 Å². The Labute approximate surface area is 221 Å². The number of aliphatic carboxylic acids is 1. The standard InChI is InChI=1S/C30H28FNO4.ClH/c31-28-13-12-22(35-19-30(33)34)16-27(28)26-17-23(36-29-11-4-3-10-25(26)29)18-32-15-14-21-8-5-7-20-6-1-2-9-24(20)21;/h1-13,16,23,26,32H,14-15,17-19H2,(H,33,34);1H/t23-,26-;/m1./s1. The molecule has 7 heteroatoms. The Morgan fingerprint density at radius 1 is 1.00 bits per heavy atom. The Kier molecular flexibility index (Phi) is 8.64. The molecular formula is C30H29ClFNO4. The van der Waals surface area contributed by atoms with Crippen molar-refractivity contribution in [2.75, 3.05) is 19.7 Å². The van der Waals surface area contributed by atoms with Gasteiger partial charge in [-0.15, -0.1) is 12.4 Å². The average molecular weight is 522 g/mol. The van der Waals surface area contributed by atoms with Gasteiger partial charge in [0.05, 0.1) is 0 Å². The topological polar surface area (TPSA) is 67.8 Å². The van der Waals surface area contributed by atoms with Crippen LogP contribution in [-0.2, 0) is 11.2 Å². The minimum absolute atomic E-state index is 0. The molecule has 5 nitrogen and oxygen atoms in total. The highest BCUT2D eigenvalue weighted by Gasteiger charge is 2.31. The smallest absolute Gasteiger partial charge is 0.341 e. The van der Waals surface area contributed by atoms with Crippen molar-refractivity contribution in [1.29, 1.82) is 0 Å². The molecule has 0 saturated heterocycles. The highest BCUT2D eigenvalue weighted by Crippen LogP contribution is 2.42. The van der Waals surface area contributed by atoms with E-state index in [4.69, 9.17) is 14.6 Å². The van der Waals surface area contributed by atoms with Gasteiger partial charge in [-0.3, -0.25) is 0 Å². The van der Waals surface area contributed by atoms with Crippen LogP contribution in [0.2, 0.25) is 0 Å². The van der Waals surface area contributed by atoms with Crippen LogP contribution in [0.15, 0.2) is 84.9 Å². The van der Waals surface area contributed by atoms with Gasteiger partial charge in [-0.1, -0.05) is 60.7 Å². The molecule has 192 valence electrons. The van der Waals surface area contributed by atoms with Crippen LogP contribution >= 0.6 is 12.4 Å². The van der Waals surface area contributed by atoms with E-state index in [1.807, 2.05) is 24.3 Å². The van der Waals surface area contributed by atoms with Gasteiger partial charge in [0.25, 0.3) is 0 Å². The van der Waals surface area contributed by atoms with Crippen LogP contribution in [0.5, 0.6) is 11.5 Å². The molecular weight excluding hydrogens is 493 g/mol. The van der Waals surface area contributed by atoms with Crippen LogP contribution in [0.25, 0.3) is 10.8 Å². The summed E-state index contributed by atoms with van der Waals surface area (Å²) < 4.78 is 26.5. The van der Waals surface area contributed by atoms with Crippen molar-refractivity contribution in [2.24, 2.45) is 0 Å².